The minimum absolute atomic E-state index is 0.247. The lowest BCUT2D eigenvalue weighted by atomic mass is 10.1. The molecule has 0 fully saturated rings. The van der Waals surface area contributed by atoms with Gasteiger partial charge in [-0.05, 0) is 31.5 Å². The highest BCUT2D eigenvalue weighted by Crippen LogP contribution is 2.26. The molecule has 1 aromatic heterocycles. The minimum atomic E-state index is -0.566. The molecule has 0 aliphatic carbocycles. The summed E-state index contributed by atoms with van der Waals surface area (Å²) in [7, 11) is 0. The lowest BCUT2D eigenvalue weighted by Gasteiger charge is -2.16. The van der Waals surface area contributed by atoms with Crippen LogP contribution >= 0.6 is 11.3 Å². The number of aryl methyl sites for hydroxylation is 1. The molecule has 15 heavy (non-hydrogen) atoms. The molecule has 1 aromatic rings. The summed E-state index contributed by atoms with van der Waals surface area (Å²) in [6.45, 7) is 2.67. The molecular formula is C11H20N2OS. The Morgan fingerprint density at radius 1 is 1.47 bits per heavy atom. The Morgan fingerprint density at radius 3 is 2.80 bits per heavy atom. The van der Waals surface area contributed by atoms with Gasteiger partial charge in [0.05, 0.1) is 0 Å². The van der Waals surface area contributed by atoms with Crippen molar-refractivity contribution in [3.8, 4) is 0 Å². The molecule has 1 rings (SSSR count). The Labute approximate surface area is 95.1 Å². The molecule has 5 N–H and O–H groups in total. The van der Waals surface area contributed by atoms with Crippen LogP contribution in [0.5, 0.6) is 0 Å². The topological polar surface area (TPSA) is 72.3 Å². The van der Waals surface area contributed by atoms with Crippen molar-refractivity contribution in [3.05, 3.63) is 21.9 Å². The fourth-order valence-corrected chi connectivity index (χ4v) is 2.67. The third kappa shape index (κ3) is 3.57. The van der Waals surface area contributed by atoms with Crippen molar-refractivity contribution in [2.45, 2.75) is 38.3 Å². The standard InChI is InChI=1S/C11H20N2OS/c1-2-3-8-4-5-10(15-8)11(14)9(13)6-7-12/h4-5,9,11,14H,2-3,6-7,12-13H2,1H3. The first-order valence-corrected chi connectivity index (χ1v) is 6.23. The first kappa shape index (κ1) is 12.6. The van der Waals surface area contributed by atoms with Crippen molar-refractivity contribution in [2.75, 3.05) is 6.54 Å². The molecule has 86 valence electrons. The van der Waals surface area contributed by atoms with Crippen LogP contribution in [0.2, 0.25) is 0 Å². The van der Waals surface area contributed by atoms with E-state index in [9.17, 15) is 5.11 Å². The van der Waals surface area contributed by atoms with Gasteiger partial charge in [-0.25, -0.2) is 0 Å². The maximum Gasteiger partial charge on any atom is 0.103 e. The number of rotatable bonds is 6. The average molecular weight is 228 g/mol. The highest BCUT2D eigenvalue weighted by molar-refractivity contribution is 7.12. The van der Waals surface area contributed by atoms with Crippen LogP contribution in [0.4, 0.5) is 0 Å². The predicted octanol–water partition coefficient (Wildman–Crippen LogP) is 1.41. The quantitative estimate of drug-likeness (QED) is 0.689. The van der Waals surface area contributed by atoms with E-state index >= 15 is 0 Å². The maximum absolute atomic E-state index is 9.93. The van der Waals surface area contributed by atoms with Crippen LogP contribution in [-0.4, -0.2) is 17.7 Å². The van der Waals surface area contributed by atoms with Crippen molar-refractivity contribution in [2.24, 2.45) is 11.5 Å². The second-order valence-electron chi connectivity index (χ2n) is 3.74. The zero-order chi connectivity index (χ0) is 11.3. The average Bonchev–Trinajstić information content (AvgIpc) is 2.66. The van der Waals surface area contributed by atoms with E-state index in [1.165, 1.54) is 4.88 Å². The molecule has 0 spiro atoms. The van der Waals surface area contributed by atoms with Crippen LogP contribution in [-0.2, 0) is 6.42 Å². The monoisotopic (exact) mass is 228 g/mol. The molecule has 0 amide bonds. The fraction of sp³-hybridized carbons (Fsp3) is 0.636. The SMILES string of the molecule is CCCc1ccc(C(O)C(N)CCN)s1. The summed E-state index contributed by atoms with van der Waals surface area (Å²) in [5, 5.41) is 9.93. The Kier molecular flexibility index (Phi) is 5.25. The van der Waals surface area contributed by atoms with Crippen LogP contribution in [0.3, 0.4) is 0 Å². The van der Waals surface area contributed by atoms with Crippen molar-refractivity contribution < 1.29 is 5.11 Å². The van der Waals surface area contributed by atoms with Crippen LogP contribution < -0.4 is 11.5 Å². The largest absolute Gasteiger partial charge is 0.386 e. The molecule has 0 bridgehead atoms. The van der Waals surface area contributed by atoms with Crippen LogP contribution in [0.1, 0.15) is 35.6 Å². The maximum atomic E-state index is 9.93. The Morgan fingerprint density at radius 2 is 2.20 bits per heavy atom. The van der Waals surface area contributed by atoms with Crippen LogP contribution in [0, 0.1) is 0 Å². The van der Waals surface area contributed by atoms with E-state index in [1.54, 1.807) is 11.3 Å². The number of thiophene rings is 1. The number of aliphatic hydroxyl groups is 1. The molecule has 2 unspecified atom stereocenters. The Balaban J connectivity index is 2.60. The van der Waals surface area contributed by atoms with E-state index in [2.05, 4.69) is 13.0 Å². The summed E-state index contributed by atoms with van der Waals surface area (Å²) >= 11 is 1.65. The molecule has 0 aromatic carbocycles. The van der Waals surface area contributed by atoms with Crippen molar-refractivity contribution in [1.82, 2.24) is 0 Å². The fourth-order valence-electron chi connectivity index (χ4n) is 1.50. The number of aliphatic hydroxyl groups excluding tert-OH is 1. The minimum Gasteiger partial charge on any atom is -0.386 e. The van der Waals surface area contributed by atoms with E-state index in [1.807, 2.05) is 6.07 Å². The molecule has 4 heteroatoms. The summed E-state index contributed by atoms with van der Waals surface area (Å²) in [6, 6.07) is 3.79. The van der Waals surface area contributed by atoms with Gasteiger partial charge in [-0.15, -0.1) is 11.3 Å². The van der Waals surface area contributed by atoms with Gasteiger partial charge in [0.15, 0.2) is 0 Å². The third-order valence-corrected chi connectivity index (χ3v) is 3.59. The zero-order valence-electron chi connectivity index (χ0n) is 9.15. The second-order valence-corrected chi connectivity index (χ2v) is 4.94. The van der Waals surface area contributed by atoms with E-state index in [-0.39, 0.29) is 6.04 Å². The summed E-state index contributed by atoms with van der Waals surface area (Å²) in [6.07, 6.45) is 2.29. The van der Waals surface area contributed by atoms with E-state index < -0.39 is 6.10 Å². The lowest BCUT2D eigenvalue weighted by molar-refractivity contribution is 0.147. The number of nitrogens with two attached hydrogens (primary N) is 2. The van der Waals surface area contributed by atoms with Gasteiger partial charge in [-0.3, -0.25) is 0 Å². The van der Waals surface area contributed by atoms with Crippen molar-refractivity contribution >= 4 is 11.3 Å². The summed E-state index contributed by atoms with van der Waals surface area (Å²) in [5.74, 6) is 0. The van der Waals surface area contributed by atoms with Gasteiger partial charge in [-0.2, -0.15) is 0 Å². The van der Waals surface area contributed by atoms with Gasteiger partial charge in [0.1, 0.15) is 6.10 Å². The van der Waals surface area contributed by atoms with E-state index in [4.69, 9.17) is 11.5 Å². The first-order chi connectivity index (χ1) is 7.19. The molecule has 3 nitrogen and oxygen atoms in total. The zero-order valence-corrected chi connectivity index (χ0v) is 9.96. The normalized spacial score (nSPS) is 15.2. The highest BCUT2D eigenvalue weighted by atomic mass is 32.1. The molecule has 0 radical (unpaired) electrons. The number of hydrogen-bond donors (Lipinski definition) is 3. The number of hydrogen-bond acceptors (Lipinski definition) is 4. The van der Waals surface area contributed by atoms with Gasteiger partial charge in [0, 0.05) is 15.8 Å². The van der Waals surface area contributed by atoms with Crippen molar-refractivity contribution in [1.29, 1.82) is 0 Å². The first-order valence-electron chi connectivity index (χ1n) is 5.41. The molecular weight excluding hydrogens is 208 g/mol. The van der Waals surface area contributed by atoms with Gasteiger partial charge in [0.2, 0.25) is 0 Å². The summed E-state index contributed by atoms with van der Waals surface area (Å²) in [5.41, 5.74) is 11.2. The molecule has 0 aliphatic heterocycles. The Hall–Kier alpha value is -0.420. The van der Waals surface area contributed by atoms with Gasteiger partial charge in [-0.1, -0.05) is 13.3 Å². The van der Waals surface area contributed by atoms with Gasteiger partial charge in [0.25, 0.3) is 0 Å². The van der Waals surface area contributed by atoms with Gasteiger partial charge < -0.3 is 16.6 Å². The van der Waals surface area contributed by atoms with E-state index in [0.29, 0.717) is 13.0 Å². The van der Waals surface area contributed by atoms with Crippen molar-refractivity contribution in [3.63, 3.8) is 0 Å². The highest BCUT2D eigenvalue weighted by Gasteiger charge is 2.17. The molecule has 0 saturated carbocycles. The van der Waals surface area contributed by atoms with E-state index in [0.717, 1.165) is 17.7 Å². The summed E-state index contributed by atoms with van der Waals surface area (Å²) in [4.78, 5) is 2.27. The van der Waals surface area contributed by atoms with Gasteiger partial charge >= 0.3 is 0 Å². The predicted molar refractivity (Wildman–Crippen MR) is 64.9 cm³/mol. The Bertz CT molecular complexity index is 288. The molecule has 1 heterocycles. The second kappa shape index (κ2) is 6.23. The van der Waals surface area contributed by atoms with Crippen LogP contribution in [0.15, 0.2) is 12.1 Å². The third-order valence-electron chi connectivity index (χ3n) is 2.38. The molecule has 0 saturated heterocycles. The lowest BCUT2D eigenvalue weighted by Crippen LogP contribution is -2.30. The van der Waals surface area contributed by atoms with Crippen LogP contribution in [0.25, 0.3) is 0 Å². The summed E-state index contributed by atoms with van der Waals surface area (Å²) < 4.78 is 0. The molecule has 2 atom stereocenters. The smallest absolute Gasteiger partial charge is 0.103 e. The molecule has 0 aliphatic rings.